The maximum atomic E-state index is 15.2. The van der Waals surface area contributed by atoms with Crippen molar-refractivity contribution in [2.24, 2.45) is 5.41 Å². The van der Waals surface area contributed by atoms with E-state index in [1.165, 1.54) is 36.1 Å². The van der Waals surface area contributed by atoms with Crippen LogP contribution in [0.2, 0.25) is 5.02 Å². The molecule has 0 radical (unpaired) electrons. The molecule has 1 aliphatic carbocycles. The van der Waals surface area contributed by atoms with Crippen molar-refractivity contribution in [1.82, 2.24) is 19.8 Å². The van der Waals surface area contributed by atoms with E-state index in [0.29, 0.717) is 28.1 Å². The van der Waals surface area contributed by atoms with Gasteiger partial charge in [-0.25, -0.2) is 8.78 Å². The fraction of sp³-hybridized carbons (Fsp3) is 0.463. The van der Waals surface area contributed by atoms with Crippen LogP contribution in [0.3, 0.4) is 0 Å². The minimum Gasteiger partial charge on any atom is -0.370 e. The Morgan fingerprint density at radius 1 is 0.942 bits per heavy atom. The van der Waals surface area contributed by atoms with Gasteiger partial charge < -0.3 is 9.80 Å². The molecule has 0 bridgehead atoms. The summed E-state index contributed by atoms with van der Waals surface area (Å²) in [7, 11) is 0. The van der Waals surface area contributed by atoms with Gasteiger partial charge in [-0.15, -0.1) is 0 Å². The van der Waals surface area contributed by atoms with Crippen LogP contribution in [-0.4, -0.2) is 58.5 Å². The van der Waals surface area contributed by atoms with Crippen LogP contribution in [-0.2, 0) is 15.0 Å². The van der Waals surface area contributed by atoms with Crippen molar-refractivity contribution in [3.05, 3.63) is 98.1 Å². The molecule has 3 saturated heterocycles. The maximum Gasteiger partial charge on any atom is 0.282 e. The summed E-state index contributed by atoms with van der Waals surface area (Å²) in [5.41, 5.74) is 4.07. The molecule has 8 nitrogen and oxygen atoms in total. The number of rotatable bonds is 4. The van der Waals surface area contributed by atoms with Gasteiger partial charge in [-0.3, -0.25) is 24.3 Å². The van der Waals surface area contributed by atoms with Gasteiger partial charge in [-0.05, 0) is 113 Å². The minimum atomic E-state index is -0.991. The molecule has 1 saturated carbocycles. The summed E-state index contributed by atoms with van der Waals surface area (Å²) in [5, 5.41) is 3.08. The summed E-state index contributed by atoms with van der Waals surface area (Å²) in [6, 6.07) is 15.6. The van der Waals surface area contributed by atoms with Gasteiger partial charge in [0.05, 0.1) is 32.9 Å². The molecule has 5 aliphatic rings. The smallest absolute Gasteiger partial charge is 0.282 e. The number of benzene rings is 3. The summed E-state index contributed by atoms with van der Waals surface area (Å²) in [6.45, 7) is 7.86. The highest BCUT2D eigenvalue weighted by Gasteiger charge is 2.47. The van der Waals surface area contributed by atoms with Crippen molar-refractivity contribution in [2.45, 2.75) is 88.5 Å². The number of amides is 2. The first kappa shape index (κ1) is 33.7. The molecule has 4 fully saturated rings. The van der Waals surface area contributed by atoms with Gasteiger partial charge >= 0.3 is 0 Å². The number of nitrogens with zero attached hydrogens (tertiary/aromatic N) is 4. The Labute approximate surface area is 306 Å². The quantitative estimate of drug-likeness (QED) is 0.226. The number of fused-ring (bicyclic) bond motifs is 5. The van der Waals surface area contributed by atoms with Gasteiger partial charge in [0.15, 0.2) is 0 Å². The number of anilines is 1. The van der Waals surface area contributed by atoms with E-state index in [9.17, 15) is 14.4 Å². The summed E-state index contributed by atoms with van der Waals surface area (Å²) < 4.78 is 32.6. The SMILES string of the molecule is CC1(C)c2cc(C3CCCC(N4CCC5(CC4)CN(c4cc(F)c(C6CCC(=O)NC6=O)c(F)c4)C5)C3)ccc2-n2c1nc(=O)c1c(Cl)cccc12. The molecule has 3 unspecified atom stereocenters. The number of imide groups is 1. The van der Waals surface area contributed by atoms with E-state index in [4.69, 9.17) is 11.6 Å². The summed E-state index contributed by atoms with van der Waals surface area (Å²) in [4.78, 5) is 46.2. The van der Waals surface area contributed by atoms with E-state index in [2.05, 4.69) is 51.8 Å². The van der Waals surface area contributed by atoms with Crippen molar-refractivity contribution in [1.29, 1.82) is 0 Å². The van der Waals surface area contributed by atoms with Crippen LogP contribution in [0.5, 0.6) is 0 Å². The Hall–Kier alpha value is -4.15. The molecule has 5 heterocycles. The van der Waals surface area contributed by atoms with Crippen LogP contribution in [0.15, 0.2) is 53.3 Å². The molecule has 1 spiro atoms. The van der Waals surface area contributed by atoms with Crippen molar-refractivity contribution in [3.63, 3.8) is 0 Å². The summed E-state index contributed by atoms with van der Waals surface area (Å²) >= 11 is 6.47. The second-order valence-corrected chi connectivity index (χ2v) is 16.8. The summed E-state index contributed by atoms with van der Waals surface area (Å²) in [6.07, 6.45) is 6.92. The maximum absolute atomic E-state index is 15.2. The van der Waals surface area contributed by atoms with E-state index in [0.717, 1.165) is 68.9 Å². The summed E-state index contributed by atoms with van der Waals surface area (Å²) in [5.74, 6) is -2.30. The normalized spacial score (nSPS) is 25.2. The van der Waals surface area contributed by atoms with Gasteiger partial charge in [0, 0.05) is 42.2 Å². The standard InChI is InChI=1S/C41H42ClF2N5O3/c1-40(2)28-18-24(9-11-32(28)49-33-8-4-7-29(42)36(33)38(52)46-39(40)49)23-5-3-6-25(17-23)47-15-13-41(14-16-47)21-48(22-41)26-19-30(43)35(31(44)20-26)27-10-12-34(50)45-37(27)51/h4,7-9,11,18-20,23,25,27H,3,5-6,10,12-17,21-22H2,1-2H3,(H,45,50,51). The predicted molar refractivity (Wildman–Crippen MR) is 196 cm³/mol. The second kappa shape index (κ2) is 12.2. The van der Waals surface area contributed by atoms with Crippen molar-refractivity contribution < 1.29 is 18.4 Å². The number of hydrogen-bond donors (Lipinski definition) is 1. The Morgan fingerprint density at radius 2 is 1.69 bits per heavy atom. The van der Waals surface area contributed by atoms with Gasteiger partial charge in [0.1, 0.15) is 17.5 Å². The third kappa shape index (κ3) is 5.31. The highest BCUT2D eigenvalue weighted by Crippen LogP contribution is 2.48. The van der Waals surface area contributed by atoms with Crippen LogP contribution in [0.1, 0.15) is 99.6 Å². The fourth-order valence-corrected chi connectivity index (χ4v) is 10.2. The first-order valence-corrected chi connectivity index (χ1v) is 19.0. The zero-order chi connectivity index (χ0) is 36.1. The van der Waals surface area contributed by atoms with E-state index in [1.807, 2.05) is 17.0 Å². The van der Waals surface area contributed by atoms with Crippen LogP contribution >= 0.6 is 11.6 Å². The minimum absolute atomic E-state index is 0.0716. The molecule has 9 rings (SSSR count). The van der Waals surface area contributed by atoms with Crippen LogP contribution in [0.25, 0.3) is 16.6 Å². The molecular formula is C41H42ClF2N5O3. The fourth-order valence-electron chi connectivity index (χ4n) is 9.99. The van der Waals surface area contributed by atoms with Crippen LogP contribution in [0.4, 0.5) is 14.5 Å². The number of hydrogen-bond acceptors (Lipinski definition) is 6. The Morgan fingerprint density at radius 3 is 2.42 bits per heavy atom. The number of halogens is 3. The Bertz CT molecular complexity index is 2200. The molecule has 2 amide bonds. The van der Waals surface area contributed by atoms with E-state index < -0.39 is 34.8 Å². The molecule has 1 aromatic heterocycles. The monoisotopic (exact) mass is 725 g/mol. The third-order valence-electron chi connectivity index (χ3n) is 12.9. The van der Waals surface area contributed by atoms with Gasteiger partial charge in [-0.1, -0.05) is 36.2 Å². The lowest BCUT2D eigenvalue weighted by Gasteiger charge is -2.56. The topological polar surface area (TPSA) is 87.5 Å². The number of nitrogens with one attached hydrogen (secondary N) is 1. The molecule has 11 heteroatoms. The number of piperidine rings is 2. The zero-order valence-corrected chi connectivity index (χ0v) is 30.2. The molecule has 4 aromatic rings. The average Bonchev–Trinajstić information content (AvgIpc) is 3.33. The molecular weight excluding hydrogens is 684 g/mol. The van der Waals surface area contributed by atoms with E-state index in [1.54, 1.807) is 6.07 Å². The number of aromatic nitrogens is 2. The Kier molecular flexibility index (Phi) is 7.90. The van der Waals surface area contributed by atoms with Crippen molar-refractivity contribution in [2.75, 3.05) is 31.1 Å². The number of likely N-dealkylation sites (tertiary alicyclic amines) is 1. The van der Waals surface area contributed by atoms with Crippen LogP contribution in [0, 0.1) is 17.0 Å². The van der Waals surface area contributed by atoms with Crippen molar-refractivity contribution >= 4 is 40.0 Å². The molecule has 4 aliphatic heterocycles. The predicted octanol–water partition coefficient (Wildman–Crippen LogP) is 7.11. The van der Waals surface area contributed by atoms with Gasteiger partial charge in [-0.2, -0.15) is 4.98 Å². The molecule has 3 atom stereocenters. The first-order chi connectivity index (χ1) is 24.9. The molecule has 52 heavy (non-hydrogen) atoms. The third-order valence-corrected chi connectivity index (χ3v) is 13.2. The highest BCUT2D eigenvalue weighted by atomic mass is 35.5. The molecule has 1 N–H and O–H groups in total. The molecule has 3 aromatic carbocycles. The van der Waals surface area contributed by atoms with E-state index >= 15 is 8.78 Å². The number of carbonyl (C=O) groups excluding carboxylic acids is 2. The molecule has 270 valence electrons. The lowest BCUT2D eigenvalue weighted by molar-refractivity contribution is -0.134. The number of carbonyl (C=O) groups is 2. The lowest BCUT2D eigenvalue weighted by atomic mass is 9.70. The zero-order valence-electron chi connectivity index (χ0n) is 29.5. The van der Waals surface area contributed by atoms with Gasteiger partial charge in [0.25, 0.3) is 5.56 Å². The van der Waals surface area contributed by atoms with E-state index in [-0.39, 0.29) is 29.4 Å². The average molecular weight is 726 g/mol. The van der Waals surface area contributed by atoms with Crippen LogP contribution < -0.4 is 15.8 Å². The second-order valence-electron chi connectivity index (χ2n) is 16.3. The highest BCUT2D eigenvalue weighted by molar-refractivity contribution is 6.35. The first-order valence-electron chi connectivity index (χ1n) is 18.6. The largest absolute Gasteiger partial charge is 0.370 e. The van der Waals surface area contributed by atoms with Crippen molar-refractivity contribution in [3.8, 4) is 5.69 Å². The Balaban J connectivity index is 0.861. The lowest BCUT2D eigenvalue weighted by Crippen LogP contribution is -2.61. The van der Waals surface area contributed by atoms with Gasteiger partial charge in [0.2, 0.25) is 11.8 Å².